The van der Waals surface area contributed by atoms with Crippen molar-refractivity contribution in [2.24, 2.45) is 0 Å². The van der Waals surface area contributed by atoms with Crippen LogP contribution in [0.3, 0.4) is 0 Å². The minimum Gasteiger partial charge on any atom is -0.362 e. The third-order valence-electron chi connectivity index (χ3n) is 3.70. The standard InChI is InChI=1S/C20H16BrNO/c1-14-13-16(9-10-19(14)21)22-12-11-20(23)18-8-4-6-15-5-2-3-7-17(15)18/h2-13,22H,1H3/b12-11+. The van der Waals surface area contributed by atoms with E-state index in [1.54, 1.807) is 12.3 Å². The average molecular weight is 366 g/mol. The van der Waals surface area contributed by atoms with Crippen LogP contribution in [-0.4, -0.2) is 5.78 Å². The van der Waals surface area contributed by atoms with Crippen LogP contribution >= 0.6 is 15.9 Å². The molecule has 3 aromatic carbocycles. The van der Waals surface area contributed by atoms with Crippen molar-refractivity contribution in [3.63, 3.8) is 0 Å². The number of nitrogens with one attached hydrogen (secondary N) is 1. The molecule has 1 N–H and O–H groups in total. The van der Waals surface area contributed by atoms with Gasteiger partial charge in [0.25, 0.3) is 0 Å². The molecule has 2 nitrogen and oxygen atoms in total. The van der Waals surface area contributed by atoms with Crippen LogP contribution in [-0.2, 0) is 0 Å². The van der Waals surface area contributed by atoms with E-state index in [2.05, 4.69) is 21.2 Å². The molecule has 0 unspecified atom stereocenters. The van der Waals surface area contributed by atoms with Gasteiger partial charge in [-0.2, -0.15) is 0 Å². The van der Waals surface area contributed by atoms with Crippen molar-refractivity contribution in [3.05, 3.63) is 88.5 Å². The van der Waals surface area contributed by atoms with E-state index in [-0.39, 0.29) is 5.78 Å². The van der Waals surface area contributed by atoms with Gasteiger partial charge >= 0.3 is 0 Å². The third kappa shape index (κ3) is 3.51. The highest BCUT2D eigenvalue weighted by molar-refractivity contribution is 9.10. The number of rotatable bonds is 4. The van der Waals surface area contributed by atoms with Crippen molar-refractivity contribution < 1.29 is 4.79 Å². The second-order valence-corrected chi connectivity index (χ2v) is 6.19. The van der Waals surface area contributed by atoms with Gasteiger partial charge < -0.3 is 5.32 Å². The lowest BCUT2D eigenvalue weighted by Gasteiger charge is -2.05. The Labute approximate surface area is 144 Å². The molecular weight excluding hydrogens is 350 g/mol. The summed E-state index contributed by atoms with van der Waals surface area (Å²) >= 11 is 3.47. The Kier molecular flexibility index (Phi) is 4.58. The second kappa shape index (κ2) is 6.80. The highest BCUT2D eigenvalue weighted by Crippen LogP contribution is 2.21. The average Bonchev–Trinajstić information content (AvgIpc) is 2.57. The van der Waals surface area contributed by atoms with E-state index in [0.29, 0.717) is 5.56 Å². The fourth-order valence-corrected chi connectivity index (χ4v) is 2.72. The molecule has 114 valence electrons. The summed E-state index contributed by atoms with van der Waals surface area (Å²) in [6, 6.07) is 19.7. The maximum Gasteiger partial charge on any atom is 0.187 e. The van der Waals surface area contributed by atoms with Crippen LogP contribution < -0.4 is 5.32 Å². The zero-order valence-electron chi connectivity index (χ0n) is 12.7. The molecule has 0 saturated carbocycles. The maximum absolute atomic E-state index is 12.4. The number of carbonyl (C=O) groups excluding carboxylic acids is 1. The molecule has 0 amide bonds. The molecule has 0 fully saturated rings. The number of hydrogen-bond donors (Lipinski definition) is 1. The second-order valence-electron chi connectivity index (χ2n) is 5.33. The number of hydrogen-bond acceptors (Lipinski definition) is 2. The molecule has 0 aromatic heterocycles. The summed E-state index contributed by atoms with van der Waals surface area (Å²) in [6.45, 7) is 2.03. The van der Waals surface area contributed by atoms with Crippen molar-refractivity contribution in [2.45, 2.75) is 6.92 Å². The largest absolute Gasteiger partial charge is 0.362 e. The molecule has 3 rings (SSSR count). The topological polar surface area (TPSA) is 29.1 Å². The maximum atomic E-state index is 12.4. The molecule has 0 atom stereocenters. The van der Waals surface area contributed by atoms with Crippen LogP contribution in [0, 0.1) is 6.92 Å². The molecule has 0 aliphatic rings. The summed E-state index contributed by atoms with van der Waals surface area (Å²) in [5.74, 6) is -0.0110. The lowest BCUT2D eigenvalue weighted by atomic mass is 10.0. The first-order valence-electron chi connectivity index (χ1n) is 7.36. The Morgan fingerprint density at radius 2 is 1.83 bits per heavy atom. The van der Waals surface area contributed by atoms with Gasteiger partial charge in [0.05, 0.1) is 0 Å². The van der Waals surface area contributed by atoms with Gasteiger partial charge in [-0.3, -0.25) is 4.79 Å². The highest BCUT2D eigenvalue weighted by atomic mass is 79.9. The van der Waals surface area contributed by atoms with E-state index in [1.165, 1.54) is 0 Å². The number of aryl methyl sites for hydroxylation is 1. The van der Waals surface area contributed by atoms with Gasteiger partial charge in [-0.15, -0.1) is 0 Å². The fourth-order valence-electron chi connectivity index (χ4n) is 2.48. The highest BCUT2D eigenvalue weighted by Gasteiger charge is 2.06. The van der Waals surface area contributed by atoms with Gasteiger partial charge in [0, 0.05) is 28.0 Å². The van der Waals surface area contributed by atoms with Crippen LogP contribution in [0.5, 0.6) is 0 Å². The predicted octanol–water partition coefficient (Wildman–Crippen LogP) is 5.72. The predicted molar refractivity (Wildman–Crippen MR) is 99.9 cm³/mol. The Balaban J connectivity index is 1.79. The van der Waals surface area contributed by atoms with Crippen LogP contribution in [0.15, 0.2) is 77.4 Å². The van der Waals surface area contributed by atoms with E-state index >= 15 is 0 Å². The number of ketones is 1. The molecular formula is C20H16BrNO. The molecule has 0 aliphatic carbocycles. The van der Waals surface area contributed by atoms with Gasteiger partial charge in [-0.05, 0) is 41.5 Å². The summed E-state index contributed by atoms with van der Waals surface area (Å²) in [5.41, 5.74) is 2.81. The number of fused-ring (bicyclic) bond motifs is 1. The Hall–Kier alpha value is -2.39. The number of benzene rings is 3. The Morgan fingerprint density at radius 3 is 2.65 bits per heavy atom. The molecule has 0 spiro atoms. The summed E-state index contributed by atoms with van der Waals surface area (Å²) in [4.78, 5) is 12.4. The molecule has 0 aliphatic heterocycles. The minimum atomic E-state index is -0.0110. The monoisotopic (exact) mass is 365 g/mol. The summed E-state index contributed by atoms with van der Waals surface area (Å²) < 4.78 is 1.07. The quantitative estimate of drug-likeness (QED) is 0.473. The summed E-state index contributed by atoms with van der Waals surface area (Å²) in [7, 11) is 0. The Morgan fingerprint density at radius 1 is 1.04 bits per heavy atom. The van der Waals surface area contributed by atoms with Crippen LogP contribution in [0.1, 0.15) is 15.9 Å². The first-order valence-corrected chi connectivity index (χ1v) is 8.16. The molecule has 0 bridgehead atoms. The smallest absolute Gasteiger partial charge is 0.187 e. The molecule has 3 heteroatoms. The van der Waals surface area contributed by atoms with E-state index in [1.807, 2.05) is 67.6 Å². The zero-order valence-corrected chi connectivity index (χ0v) is 14.3. The molecule has 0 radical (unpaired) electrons. The third-order valence-corrected chi connectivity index (χ3v) is 4.59. The van der Waals surface area contributed by atoms with E-state index in [0.717, 1.165) is 26.5 Å². The van der Waals surface area contributed by atoms with Gasteiger partial charge in [-0.25, -0.2) is 0 Å². The lowest BCUT2D eigenvalue weighted by molar-refractivity contribution is 0.104. The molecule has 3 aromatic rings. The normalized spacial score (nSPS) is 11.0. The van der Waals surface area contributed by atoms with Crippen molar-refractivity contribution in [2.75, 3.05) is 5.32 Å². The first-order chi connectivity index (χ1) is 11.1. The molecule has 23 heavy (non-hydrogen) atoms. The SMILES string of the molecule is Cc1cc(N/C=C/C(=O)c2cccc3ccccc23)ccc1Br. The van der Waals surface area contributed by atoms with E-state index < -0.39 is 0 Å². The van der Waals surface area contributed by atoms with Gasteiger partial charge in [-0.1, -0.05) is 58.4 Å². The van der Waals surface area contributed by atoms with Crippen LogP contribution in [0.2, 0.25) is 0 Å². The van der Waals surface area contributed by atoms with E-state index in [4.69, 9.17) is 0 Å². The number of halogens is 1. The number of anilines is 1. The summed E-state index contributed by atoms with van der Waals surface area (Å²) in [5, 5.41) is 5.19. The van der Waals surface area contributed by atoms with E-state index in [9.17, 15) is 4.79 Å². The number of allylic oxidation sites excluding steroid dienone is 1. The van der Waals surface area contributed by atoms with Gasteiger partial charge in [0.2, 0.25) is 0 Å². The van der Waals surface area contributed by atoms with Crippen molar-refractivity contribution in [3.8, 4) is 0 Å². The fraction of sp³-hybridized carbons (Fsp3) is 0.0500. The first kappa shape index (κ1) is 15.5. The molecule has 0 saturated heterocycles. The van der Waals surface area contributed by atoms with Crippen LogP contribution in [0.25, 0.3) is 10.8 Å². The van der Waals surface area contributed by atoms with Crippen molar-refractivity contribution in [1.29, 1.82) is 0 Å². The minimum absolute atomic E-state index is 0.0110. The van der Waals surface area contributed by atoms with Gasteiger partial charge in [0.15, 0.2) is 5.78 Å². The number of carbonyl (C=O) groups is 1. The van der Waals surface area contributed by atoms with Gasteiger partial charge in [0.1, 0.15) is 0 Å². The Bertz CT molecular complexity index is 894. The van der Waals surface area contributed by atoms with Crippen molar-refractivity contribution >= 4 is 38.2 Å². The van der Waals surface area contributed by atoms with Crippen molar-refractivity contribution in [1.82, 2.24) is 0 Å². The van der Waals surface area contributed by atoms with Crippen LogP contribution in [0.4, 0.5) is 5.69 Å². The lowest BCUT2D eigenvalue weighted by Crippen LogP contribution is -1.97. The summed E-state index contributed by atoms with van der Waals surface area (Å²) in [6.07, 6.45) is 3.26. The molecule has 0 heterocycles. The zero-order chi connectivity index (χ0) is 16.2.